The Balaban J connectivity index is -0.0000000655. The first-order valence-corrected chi connectivity index (χ1v) is 5.19. The van der Waals surface area contributed by atoms with Crippen molar-refractivity contribution in [3.05, 3.63) is 0 Å². The second-order valence-corrected chi connectivity index (χ2v) is 2.60. The number of carbonyl (C=O) groups is 3. The molecule has 0 bridgehead atoms. The Morgan fingerprint density at radius 1 is 0.688 bits per heavy atom. The minimum atomic E-state index is -0.881. The van der Waals surface area contributed by atoms with Crippen molar-refractivity contribution in [1.82, 2.24) is 0 Å². The summed E-state index contributed by atoms with van der Waals surface area (Å²) in [5, 5.41) is 22.9. The van der Waals surface area contributed by atoms with Crippen molar-refractivity contribution >= 4 is 55.8 Å². The normalized spacial score (nSPS) is 6.94. The summed E-state index contributed by atoms with van der Waals surface area (Å²) in [5.74, 6) is -2.89. The van der Waals surface area contributed by atoms with Crippen molar-refractivity contribution in [3.8, 4) is 0 Å². The van der Waals surface area contributed by atoms with Crippen molar-refractivity contribution in [2.24, 2.45) is 0 Å². The van der Waals surface area contributed by atoms with Crippen LogP contribution in [0, 0.1) is 35.6 Å². The smallest absolute Gasteiger partial charge is 0.313 e. The largest absolute Gasteiger partial charge is 0.481 e. The van der Waals surface area contributed by atoms with E-state index in [1.807, 2.05) is 0 Å². The molecule has 0 fully saturated rings. The van der Waals surface area contributed by atoms with Gasteiger partial charge in [-0.05, 0) is 0 Å². The topological polar surface area (TPSA) is 112 Å². The summed E-state index contributed by atoms with van der Waals surface area (Å²) in [4.78, 5) is 27.9. The van der Waals surface area contributed by atoms with Crippen LogP contribution in [0.3, 0.4) is 0 Å². The molecule has 0 saturated carbocycles. The SMILES string of the molecule is O=C(O)CS.O=C(O)CS.O=C(O)CS.[La]. The van der Waals surface area contributed by atoms with E-state index in [9.17, 15) is 14.4 Å². The number of thiol groups is 3. The number of hydrogen-bond donors (Lipinski definition) is 6. The fourth-order valence-electron chi connectivity index (χ4n) is 0. The van der Waals surface area contributed by atoms with Crippen LogP contribution in [0.2, 0.25) is 0 Å². The summed E-state index contributed by atoms with van der Waals surface area (Å²) in [6.07, 6.45) is 0. The quantitative estimate of drug-likeness (QED) is 0.362. The molecule has 1 radical (unpaired) electrons. The first-order chi connectivity index (χ1) is 6.81. The third kappa shape index (κ3) is 61.7. The average molecular weight is 415 g/mol. The molecule has 16 heavy (non-hydrogen) atoms. The van der Waals surface area contributed by atoms with E-state index in [4.69, 9.17) is 15.3 Å². The molecule has 0 unspecified atom stereocenters. The molecule has 0 heterocycles. The van der Waals surface area contributed by atoms with Crippen LogP contribution in [-0.4, -0.2) is 50.5 Å². The Morgan fingerprint density at radius 2 is 0.750 bits per heavy atom. The van der Waals surface area contributed by atoms with Crippen LogP contribution in [0.5, 0.6) is 0 Å². The standard InChI is InChI=1S/3C2H4O2S.La/c3*3-2(4)1-5;/h3*5H,1H2,(H,3,4);. The van der Waals surface area contributed by atoms with E-state index in [2.05, 4.69) is 37.9 Å². The first-order valence-electron chi connectivity index (χ1n) is 3.29. The van der Waals surface area contributed by atoms with Gasteiger partial charge in [-0.25, -0.2) is 0 Å². The maximum Gasteiger partial charge on any atom is 0.313 e. The Labute approximate surface area is 137 Å². The van der Waals surface area contributed by atoms with Crippen molar-refractivity contribution in [2.45, 2.75) is 0 Å². The van der Waals surface area contributed by atoms with E-state index >= 15 is 0 Å². The molecule has 0 saturated heterocycles. The van der Waals surface area contributed by atoms with Crippen molar-refractivity contribution in [3.63, 3.8) is 0 Å². The molecule has 0 atom stereocenters. The van der Waals surface area contributed by atoms with Crippen molar-refractivity contribution in [2.75, 3.05) is 17.3 Å². The van der Waals surface area contributed by atoms with Crippen LogP contribution >= 0.6 is 37.9 Å². The van der Waals surface area contributed by atoms with Crippen LogP contribution in [0.1, 0.15) is 0 Å². The molecule has 93 valence electrons. The first kappa shape index (κ1) is 25.5. The summed E-state index contributed by atoms with van der Waals surface area (Å²) in [6.45, 7) is 0. The second kappa shape index (κ2) is 21.0. The van der Waals surface area contributed by atoms with Crippen LogP contribution in [0.4, 0.5) is 0 Å². The third-order valence-electron chi connectivity index (χ3n) is 0.406. The molecule has 0 aliphatic carbocycles. The van der Waals surface area contributed by atoms with E-state index in [0.717, 1.165) is 0 Å². The molecule has 0 amide bonds. The minimum absolute atomic E-state index is 0. The Hall–Kier alpha value is 0.655. The van der Waals surface area contributed by atoms with Gasteiger partial charge in [0.25, 0.3) is 0 Å². The van der Waals surface area contributed by atoms with E-state index in [1.54, 1.807) is 0 Å². The zero-order chi connectivity index (χ0) is 12.9. The number of carboxylic acid groups (broad SMARTS) is 3. The number of aliphatic carboxylic acids is 3. The molecule has 0 spiro atoms. The molecule has 0 rings (SSSR count). The Morgan fingerprint density at radius 3 is 0.750 bits per heavy atom. The number of carboxylic acids is 3. The van der Waals surface area contributed by atoms with E-state index < -0.39 is 17.9 Å². The number of rotatable bonds is 3. The summed E-state index contributed by atoms with van der Waals surface area (Å²) in [6, 6.07) is 0. The van der Waals surface area contributed by atoms with Crippen molar-refractivity contribution < 1.29 is 65.3 Å². The van der Waals surface area contributed by atoms with Gasteiger partial charge >= 0.3 is 17.9 Å². The Bertz CT molecular complexity index is 167. The zero-order valence-electron chi connectivity index (χ0n) is 8.11. The molecule has 0 aromatic carbocycles. The molecule has 0 aliphatic rings. The monoisotopic (exact) mass is 415 g/mol. The number of hydrogen-bond acceptors (Lipinski definition) is 6. The van der Waals surface area contributed by atoms with Crippen LogP contribution in [0.15, 0.2) is 0 Å². The maximum atomic E-state index is 9.29. The molecule has 3 N–H and O–H groups in total. The summed E-state index contributed by atoms with van der Waals surface area (Å²) in [5.41, 5.74) is 0. The van der Waals surface area contributed by atoms with Gasteiger partial charge in [0, 0.05) is 35.6 Å². The molecule has 10 heteroatoms. The van der Waals surface area contributed by atoms with Gasteiger partial charge in [-0.2, -0.15) is 37.9 Å². The summed E-state index contributed by atoms with van der Waals surface area (Å²) >= 11 is 10.2. The van der Waals surface area contributed by atoms with Gasteiger partial charge in [-0.15, -0.1) is 0 Å². The molecule has 0 aliphatic heterocycles. The fraction of sp³-hybridized carbons (Fsp3) is 0.500. The molecule has 6 nitrogen and oxygen atoms in total. The molecular formula is C6H12LaO6S3. The third-order valence-corrected chi connectivity index (χ3v) is 1.22. The van der Waals surface area contributed by atoms with Gasteiger partial charge in [0.2, 0.25) is 0 Å². The van der Waals surface area contributed by atoms with E-state index in [-0.39, 0.29) is 52.9 Å². The molecule has 0 aromatic heterocycles. The average Bonchev–Trinajstić information content (AvgIpc) is 2.19. The van der Waals surface area contributed by atoms with Crippen LogP contribution in [0.25, 0.3) is 0 Å². The van der Waals surface area contributed by atoms with Crippen LogP contribution < -0.4 is 0 Å². The summed E-state index contributed by atoms with van der Waals surface area (Å²) in [7, 11) is 0. The van der Waals surface area contributed by atoms with Gasteiger partial charge in [0.1, 0.15) is 0 Å². The van der Waals surface area contributed by atoms with Gasteiger partial charge in [0.15, 0.2) is 0 Å². The Kier molecular flexibility index (Phi) is 33.4. The predicted molar refractivity (Wildman–Crippen MR) is 64.5 cm³/mol. The fourth-order valence-corrected chi connectivity index (χ4v) is 0. The zero-order valence-corrected chi connectivity index (χ0v) is 14.4. The molecule has 0 aromatic rings. The summed E-state index contributed by atoms with van der Waals surface area (Å²) < 4.78 is 0. The second-order valence-electron chi connectivity index (χ2n) is 1.66. The van der Waals surface area contributed by atoms with Gasteiger partial charge < -0.3 is 15.3 Å². The maximum absolute atomic E-state index is 9.29. The van der Waals surface area contributed by atoms with Crippen LogP contribution in [-0.2, 0) is 14.4 Å². The van der Waals surface area contributed by atoms with E-state index in [0.29, 0.717) is 0 Å². The van der Waals surface area contributed by atoms with Gasteiger partial charge in [-0.3, -0.25) is 14.4 Å². The minimum Gasteiger partial charge on any atom is -0.481 e. The van der Waals surface area contributed by atoms with Crippen molar-refractivity contribution in [1.29, 1.82) is 0 Å². The molecular weight excluding hydrogens is 403 g/mol. The van der Waals surface area contributed by atoms with E-state index in [1.165, 1.54) is 0 Å². The van der Waals surface area contributed by atoms with Gasteiger partial charge in [-0.1, -0.05) is 0 Å². The predicted octanol–water partition coefficient (Wildman–Crippen LogP) is 0.00240. The van der Waals surface area contributed by atoms with Gasteiger partial charge in [0.05, 0.1) is 17.3 Å².